The molecule has 0 aromatic carbocycles. The predicted octanol–water partition coefficient (Wildman–Crippen LogP) is 6.91. The molecule has 1 unspecified atom stereocenters. The lowest BCUT2D eigenvalue weighted by molar-refractivity contribution is 0.0404. The second kappa shape index (κ2) is 13.3. The van der Waals surface area contributed by atoms with Crippen LogP contribution in [0.2, 0.25) is 0 Å². The molecule has 0 aromatic rings. The van der Waals surface area contributed by atoms with Gasteiger partial charge in [-0.2, -0.15) is 0 Å². The lowest BCUT2D eigenvalue weighted by Crippen LogP contribution is -2.47. The van der Waals surface area contributed by atoms with E-state index in [-0.39, 0.29) is 0 Å². The molecule has 0 radical (unpaired) electrons. The van der Waals surface area contributed by atoms with Crippen molar-refractivity contribution >= 4 is 0 Å². The van der Waals surface area contributed by atoms with Crippen molar-refractivity contribution in [3.63, 3.8) is 0 Å². The molecule has 182 valence electrons. The first-order valence-corrected chi connectivity index (χ1v) is 13.3. The number of piperidine rings is 2. The summed E-state index contributed by atoms with van der Waals surface area (Å²) < 4.78 is 0. The maximum absolute atomic E-state index is 3.48. The third-order valence-electron chi connectivity index (χ3n) is 7.71. The molecule has 2 saturated heterocycles. The van der Waals surface area contributed by atoms with Crippen LogP contribution < -0.4 is 5.32 Å². The molecule has 0 aliphatic carbocycles. The molecule has 2 rings (SSSR count). The summed E-state index contributed by atoms with van der Waals surface area (Å²) in [6.45, 7) is 22.9. The van der Waals surface area contributed by atoms with E-state index in [2.05, 4.69) is 87.9 Å². The van der Waals surface area contributed by atoms with E-state index in [1.807, 2.05) is 0 Å². The van der Waals surface area contributed by atoms with Gasteiger partial charge in [-0.3, -0.25) is 0 Å². The smallest absolute Gasteiger partial charge is 0.0439 e. The van der Waals surface area contributed by atoms with Crippen molar-refractivity contribution in [3.8, 4) is 0 Å². The minimum Gasteiger partial charge on any atom is -0.389 e. The summed E-state index contributed by atoms with van der Waals surface area (Å²) in [7, 11) is 0. The molecule has 0 aromatic heterocycles. The van der Waals surface area contributed by atoms with Crippen LogP contribution in [0.5, 0.6) is 0 Å². The fourth-order valence-corrected chi connectivity index (χ4v) is 5.57. The molecular weight excluding hydrogens is 390 g/mol. The van der Waals surface area contributed by atoms with E-state index in [0.29, 0.717) is 5.41 Å². The molecule has 2 aliphatic rings. The zero-order chi connectivity index (χ0) is 23.6. The zero-order valence-corrected chi connectivity index (χ0v) is 22.3. The Morgan fingerprint density at radius 3 is 2.16 bits per heavy atom. The normalized spacial score (nSPS) is 22.4. The Morgan fingerprint density at radius 1 is 1.00 bits per heavy atom. The number of hydrogen-bond acceptors (Lipinski definition) is 3. The number of nitrogens with zero attached hydrogens (tertiary/aromatic N) is 2. The van der Waals surface area contributed by atoms with Gasteiger partial charge in [0.15, 0.2) is 0 Å². The number of likely N-dealkylation sites (tertiary alicyclic amines) is 2. The summed E-state index contributed by atoms with van der Waals surface area (Å²) in [6, 6.07) is 0. The van der Waals surface area contributed by atoms with E-state index in [4.69, 9.17) is 0 Å². The Kier molecular flexibility index (Phi) is 11.1. The van der Waals surface area contributed by atoms with Gasteiger partial charge in [-0.15, -0.1) is 0 Å². The van der Waals surface area contributed by atoms with Gasteiger partial charge in [0.2, 0.25) is 0 Å². The van der Waals surface area contributed by atoms with E-state index in [9.17, 15) is 0 Å². The maximum atomic E-state index is 3.48. The van der Waals surface area contributed by atoms with Crippen LogP contribution in [0.15, 0.2) is 46.8 Å². The molecular formula is C29H51N3. The minimum atomic E-state index is 0.577. The van der Waals surface area contributed by atoms with Crippen molar-refractivity contribution in [2.24, 2.45) is 11.3 Å². The molecule has 0 bridgehead atoms. The largest absolute Gasteiger partial charge is 0.389 e. The Labute approximate surface area is 199 Å². The molecule has 32 heavy (non-hydrogen) atoms. The van der Waals surface area contributed by atoms with Crippen molar-refractivity contribution in [1.82, 2.24) is 15.1 Å². The number of nitrogens with one attached hydrogen (secondary N) is 1. The van der Waals surface area contributed by atoms with Crippen molar-refractivity contribution < 1.29 is 0 Å². The molecule has 0 amide bonds. The third kappa shape index (κ3) is 7.54. The first-order chi connectivity index (χ1) is 15.4. The summed E-state index contributed by atoms with van der Waals surface area (Å²) in [6.07, 6.45) is 17.3. The van der Waals surface area contributed by atoms with Gasteiger partial charge in [0.25, 0.3) is 0 Å². The van der Waals surface area contributed by atoms with Crippen LogP contribution in [0, 0.1) is 11.3 Å². The van der Waals surface area contributed by atoms with E-state index in [1.165, 1.54) is 93.8 Å². The van der Waals surface area contributed by atoms with Gasteiger partial charge in [-0.1, -0.05) is 32.4 Å². The van der Waals surface area contributed by atoms with E-state index >= 15 is 0 Å². The highest BCUT2D eigenvalue weighted by Gasteiger charge is 2.38. The quantitative estimate of drug-likeness (QED) is 0.372. The number of rotatable bonds is 10. The van der Waals surface area contributed by atoms with Gasteiger partial charge in [-0.25, -0.2) is 0 Å². The van der Waals surface area contributed by atoms with Crippen LogP contribution in [0.4, 0.5) is 0 Å². The number of allylic oxidation sites excluding steroid dienone is 7. The SMILES string of the molecule is C/C=C/C(=C(\C=C(/C)NCC)C(/C)=C/C)N1CCC2(CCN(CC(C)CCC)CC2)CC1. The summed E-state index contributed by atoms with van der Waals surface area (Å²) in [5, 5.41) is 3.48. The van der Waals surface area contributed by atoms with Crippen LogP contribution in [0.25, 0.3) is 0 Å². The summed E-state index contributed by atoms with van der Waals surface area (Å²) >= 11 is 0. The highest BCUT2D eigenvalue weighted by molar-refractivity contribution is 5.46. The summed E-state index contributed by atoms with van der Waals surface area (Å²) in [5.41, 5.74) is 5.92. The van der Waals surface area contributed by atoms with Gasteiger partial charge in [0.05, 0.1) is 0 Å². The fraction of sp³-hybridized carbons (Fsp3) is 0.724. The van der Waals surface area contributed by atoms with E-state index in [0.717, 1.165) is 12.5 Å². The fourth-order valence-electron chi connectivity index (χ4n) is 5.57. The van der Waals surface area contributed by atoms with Crippen LogP contribution >= 0.6 is 0 Å². The molecule has 1 atom stereocenters. The van der Waals surface area contributed by atoms with Crippen LogP contribution in [-0.2, 0) is 0 Å². The van der Waals surface area contributed by atoms with Crippen molar-refractivity contribution in [1.29, 1.82) is 0 Å². The average molecular weight is 442 g/mol. The van der Waals surface area contributed by atoms with E-state index in [1.54, 1.807) is 0 Å². The molecule has 2 heterocycles. The minimum absolute atomic E-state index is 0.577. The maximum Gasteiger partial charge on any atom is 0.0439 e. The lowest BCUT2D eigenvalue weighted by Gasteiger charge is -2.48. The molecule has 3 nitrogen and oxygen atoms in total. The number of hydrogen-bond donors (Lipinski definition) is 1. The Hall–Kier alpha value is -1.48. The Morgan fingerprint density at radius 2 is 1.62 bits per heavy atom. The third-order valence-corrected chi connectivity index (χ3v) is 7.71. The van der Waals surface area contributed by atoms with Gasteiger partial charge in [0, 0.05) is 43.1 Å². The summed E-state index contributed by atoms with van der Waals surface area (Å²) in [5.74, 6) is 0.844. The predicted molar refractivity (Wildman–Crippen MR) is 142 cm³/mol. The zero-order valence-electron chi connectivity index (χ0n) is 22.3. The molecule has 0 saturated carbocycles. The van der Waals surface area contributed by atoms with Crippen molar-refractivity contribution in [2.45, 2.75) is 87.0 Å². The molecule has 3 heteroatoms. The standard InChI is InChI=1S/C29H51N3/c1-8-12-24(5)23-31-18-14-29(15-19-31)16-20-32(21-17-29)28(13-9-2)27(25(6)10-3)22-26(7)30-11-4/h9-10,13,22,24,30H,8,11-12,14-21,23H2,1-7H3/b13-9+,25-10+,26-22+,28-27-. The van der Waals surface area contributed by atoms with Crippen LogP contribution in [0.1, 0.15) is 87.0 Å². The van der Waals surface area contributed by atoms with Gasteiger partial charge >= 0.3 is 0 Å². The molecule has 1 spiro atoms. The highest BCUT2D eigenvalue weighted by Crippen LogP contribution is 2.42. The van der Waals surface area contributed by atoms with Gasteiger partial charge in [0.1, 0.15) is 0 Å². The Balaban J connectivity index is 2.10. The van der Waals surface area contributed by atoms with Crippen molar-refractivity contribution in [2.75, 3.05) is 39.3 Å². The first-order valence-electron chi connectivity index (χ1n) is 13.3. The van der Waals surface area contributed by atoms with Crippen LogP contribution in [-0.4, -0.2) is 49.1 Å². The van der Waals surface area contributed by atoms with Crippen LogP contribution in [0.3, 0.4) is 0 Å². The second-order valence-electron chi connectivity index (χ2n) is 10.3. The first kappa shape index (κ1) is 26.8. The molecule has 2 aliphatic heterocycles. The Bertz CT molecular complexity index is 679. The topological polar surface area (TPSA) is 18.5 Å². The molecule has 1 N–H and O–H groups in total. The van der Waals surface area contributed by atoms with E-state index < -0.39 is 0 Å². The lowest BCUT2D eigenvalue weighted by atomic mass is 9.71. The monoisotopic (exact) mass is 441 g/mol. The van der Waals surface area contributed by atoms with Crippen molar-refractivity contribution in [3.05, 3.63) is 46.8 Å². The van der Waals surface area contributed by atoms with Gasteiger partial charge in [-0.05, 0) is 109 Å². The second-order valence-corrected chi connectivity index (χ2v) is 10.3. The highest BCUT2D eigenvalue weighted by atomic mass is 15.2. The molecule has 2 fully saturated rings. The van der Waals surface area contributed by atoms with Gasteiger partial charge < -0.3 is 15.1 Å². The average Bonchev–Trinajstić information content (AvgIpc) is 2.78. The summed E-state index contributed by atoms with van der Waals surface area (Å²) in [4.78, 5) is 5.39.